The van der Waals surface area contributed by atoms with E-state index < -0.39 is 6.04 Å². The lowest BCUT2D eigenvalue weighted by Crippen LogP contribution is -2.58. The maximum atomic E-state index is 12.8. The monoisotopic (exact) mass is 320 g/mol. The third-order valence-electron chi connectivity index (χ3n) is 4.36. The van der Waals surface area contributed by atoms with Gasteiger partial charge in [-0.25, -0.2) is 0 Å². The van der Waals surface area contributed by atoms with E-state index in [1.54, 1.807) is 11.1 Å². The van der Waals surface area contributed by atoms with Gasteiger partial charge in [0, 0.05) is 31.9 Å². The summed E-state index contributed by atoms with van der Waals surface area (Å²) in [6.45, 7) is 12.7. The molecule has 0 aliphatic carbocycles. The topological polar surface area (TPSA) is 58.4 Å². The highest BCUT2D eigenvalue weighted by Crippen LogP contribution is 2.18. The number of carbonyl (C=O) groups excluding carboxylic acids is 2. The molecule has 0 saturated carbocycles. The van der Waals surface area contributed by atoms with E-state index in [-0.39, 0.29) is 11.8 Å². The second-order valence-electron chi connectivity index (χ2n) is 6.72. The van der Waals surface area contributed by atoms with Crippen molar-refractivity contribution in [1.82, 2.24) is 19.6 Å². The van der Waals surface area contributed by atoms with Gasteiger partial charge in [-0.2, -0.15) is 5.10 Å². The zero-order valence-corrected chi connectivity index (χ0v) is 14.9. The normalized spacial score (nSPS) is 18.9. The van der Waals surface area contributed by atoms with Crippen LogP contribution in [-0.2, 0) is 11.3 Å². The van der Waals surface area contributed by atoms with Crippen LogP contribution in [-0.4, -0.2) is 57.1 Å². The fraction of sp³-hybridized carbons (Fsp3) is 0.706. The lowest BCUT2D eigenvalue weighted by atomic mass is 10.1. The molecule has 0 radical (unpaired) electrons. The largest absolute Gasteiger partial charge is 0.339 e. The molecule has 23 heavy (non-hydrogen) atoms. The first-order valence-corrected chi connectivity index (χ1v) is 8.49. The molecular formula is C17H28N4O2. The molecule has 1 aromatic rings. The molecule has 1 fully saturated rings. The Balaban J connectivity index is 2.13. The summed E-state index contributed by atoms with van der Waals surface area (Å²) in [6.07, 6.45) is 2.60. The van der Waals surface area contributed by atoms with Crippen LogP contribution in [0.5, 0.6) is 0 Å². The SMILES string of the molecule is CCCn1ncc(C(=O)N2CCN(CC(C)C)C(=O)[C@H]2C)c1C. The van der Waals surface area contributed by atoms with Gasteiger partial charge in [0.15, 0.2) is 0 Å². The van der Waals surface area contributed by atoms with Crippen molar-refractivity contribution in [2.75, 3.05) is 19.6 Å². The van der Waals surface area contributed by atoms with Gasteiger partial charge in [-0.15, -0.1) is 0 Å². The van der Waals surface area contributed by atoms with Crippen LogP contribution in [0.2, 0.25) is 0 Å². The Kier molecular flexibility index (Phi) is 5.44. The van der Waals surface area contributed by atoms with Gasteiger partial charge in [0.25, 0.3) is 5.91 Å². The van der Waals surface area contributed by atoms with Crippen molar-refractivity contribution in [3.8, 4) is 0 Å². The molecule has 0 bridgehead atoms. The fourth-order valence-corrected chi connectivity index (χ4v) is 3.08. The quantitative estimate of drug-likeness (QED) is 0.833. The van der Waals surface area contributed by atoms with Gasteiger partial charge in [0.05, 0.1) is 11.8 Å². The zero-order valence-electron chi connectivity index (χ0n) is 14.9. The van der Waals surface area contributed by atoms with Crippen molar-refractivity contribution in [2.45, 2.75) is 53.6 Å². The van der Waals surface area contributed by atoms with Crippen LogP contribution < -0.4 is 0 Å². The molecule has 2 heterocycles. The summed E-state index contributed by atoms with van der Waals surface area (Å²) in [5.41, 5.74) is 1.48. The molecule has 1 aliphatic heterocycles. The van der Waals surface area contributed by atoms with Crippen LogP contribution in [0.25, 0.3) is 0 Å². The predicted octanol–water partition coefficient (Wildman–Crippen LogP) is 1.93. The second kappa shape index (κ2) is 7.15. The molecule has 2 amide bonds. The van der Waals surface area contributed by atoms with Crippen LogP contribution in [0, 0.1) is 12.8 Å². The molecule has 1 saturated heterocycles. The first kappa shape index (κ1) is 17.5. The summed E-state index contributed by atoms with van der Waals surface area (Å²) in [7, 11) is 0. The highest BCUT2D eigenvalue weighted by atomic mass is 16.2. The van der Waals surface area contributed by atoms with E-state index in [1.165, 1.54) is 0 Å². The number of rotatable bonds is 5. The second-order valence-corrected chi connectivity index (χ2v) is 6.72. The number of piperazine rings is 1. The predicted molar refractivity (Wildman–Crippen MR) is 89.2 cm³/mol. The van der Waals surface area contributed by atoms with E-state index in [4.69, 9.17) is 0 Å². The third kappa shape index (κ3) is 3.57. The van der Waals surface area contributed by atoms with E-state index in [1.807, 2.05) is 23.4 Å². The number of hydrogen-bond donors (Lipinski definition) is 0. The Morgan fingerprint density at radius 3 is 2.70 bits per heavy atom. The molecule has 6 nitrogen and oxygen atoms in total. The molecule has 2 rings (SSSR count). The van der Waals surface area contributed by atoms with Crippen LogP contribution in [0.3, 0.4) is 0 Å². The minimum Gasteiger partial charge on any atom is -0.339 e. The average Bonchev–Trinajstić information content (AvgIpc) is 2.85. The highest BCUT2D eigenvalue weighted by molar-refractivity contribution is 5.98. The molecule has 0 spiro atoms. The Bertz CT molecular complexity index is 579. The average molecular weight is 320 g/mol. The fourth-order valence-electron chi connectivity index (χ4n) is 3.08. The van der Waals surface area contributed by atoms with Gasteiger partial charge in [-0.1, -0.05) is 20.8 Å². The maximum absolute atomic E-state index is 12.8. The van der Waals surface area contributed by atoms with Crippen molar-refractivity contribution in [2.24, 2.45) is 5.92 Å². The molecule has 1 aliphatic rings. The lowest BCUT2D eigenvalue weighted by Gasteiger charge is -2.39. The summed E-state index contributed by atoms with van der Waals surface area (Å²) >= 11 is 0. The first-order valence-electron chi connectivity index (χ1n) is 8.49. The lowest BCUT2D eigenvalue weighted by molar-refractivity contribution is -0.140. The summed E-state index contributed by atoms with van der Waals surface area (Å²) in [6, 6.07) is -0.413. The molecule has 0 N–H and O–H groups in total. The van der Waals surface area contributed by atoms with Crippen molar-refractivity contribution >= 4 is 11.8 Å². The van der Waals surface area contributed by atoms with Gasteiger partial charge >= 0.3 is 0 Å². The highest BCUT2D eigenvalue weighted by Gasteiger charge is 2.35. The minimum atomic E-state index is -0.413. The molecule has 0 unspecified atom stereocenters. The number of carbonyl (C=O) groups is 2. The molecule has 128 valence electrons. The Morgan fingerprint density at radius 1 is 1.39 bits per heavy atom. The van der Waals surface area contributed by atoms with E-state index in [0.29, 0.717) is 24.6 Å². The van der Waals surface area contributed by atoms with Crippen molar-refractivity contribution in [1.29, 1.82) is 0 Å². The number of amides is 2. The number of aryl methyl sites for hydroxylation is 1. The minimum absolute atomic E-state index is 0.0388. The van der Waals surface area contributed by atoms with Crippen molar-refractivity contribution < 1.29 is 9.59 Å². The zero-order chi connectivity index (χ0) is 17.1. The van der Waals surface area contributed by atoms with Gasteiger partial charge < -0.3 is 9.80 Å². The number of hydrogen-bond acceptors (Lipinski definition) is 3. The van der Waals surface area contributed by atoms with Crippen LogP contribution in [0.4, 0.5) is 0 Å². The molecule has 1 aromatic heterocycles. The van der Waals surface area contributed by atoms with Gasteiger partial charge in [-0.3, -0.25) is 14.3 Å². The van der Waals surface area contributed by atoms with Crippen LogP contribution in [0.1, 0.15) is 50.2 Å². The van der Waals surface area contributed by atoms with Crippen molar-refractivity contribution in [3.63, 3.8) is 0 Å². The first-order chi connectivity index (χ1) is 10.9. The van der Waals surface area contributed by atoms with E-state index in [0.717, 1.165) is 25.2 Å². The van der Waals surface area contributed by atoms with Crippen LogP contribution in [0.15, 0.2) is 6.20 Å². The molecule has 1 atom stereocenters. The molecule has 0 aromatic carbocycles. The van der Waals surface area contributed by atoms with E-state index >= 15 is 0 Å². The van der Waals surface area contributed by atoms with Crippen LogP contribution >= 0.6 is 0 Å². The van der Waals surface area contributed by atoms with Gasteiger partial charge in [-0.05, 0) is 26.2 Å². The number of aromatic nitrogens is 2. The summed E-state index contributed by atoms with van der Waals surface area (Å²) < 4.78 is 1.86. The van der Waals surface area contributed by atoms with E-state index in [2.05, 4.69) is 25.9 Å². The Hall–Kier alpha value is -1.85. The van der Waals surface area contributed by atoms with Gasteiger partial charge in [0.2, 0.25) is 5.91 Å². The number of nitrogens with zero attached hydrogens (tertiary/aromatic N) is 4. The standard InChI is InChI=1S/C17H28N4O2/c1-6-7-21-13(4)15(10-18-21)17(23)20-9-8-19(11-12(2)3)16(22)14(20)5/h10,12,14H,6-9,11H2,1-5H3/t14-/m1/s1. The van der Waals surface area contributed by atoms with Crippen molar-refractivity contribution in [3.05, 3.63) is 17.5 Å². The Morgan fingerprint density at radius 2 is 2.09 bits per heavy atom. The molecule has 6 heteroatoms. The summed E-state index contributed by atoms with van der Waals surface area (Å²) in [5, 5.41) is 4.29. The maximum Gasteiger partial charge on any atom is 0.258 e. The van der Waals surface area contributed by atoms with Gasteiger partial charge in [0.1, 0.15) is 6.04 Å². The third-order valence-corrected chi connectivity index (χ3v) is 4.36. The summed E-state index contributed by atoms with van der Waals surface area (Å²) in [4.78, 5) is 28.9. The van der Waals surface area contributed by atoms with E-state index in [9.17, 15) is 9.59 Å². The smallest absolute Gasteiger partial charge is 0.258 e. The molecular weight excluding hydrogens is 292 g/mol. The summed E-state index contributed by atoms with van der Waals surface area (Å²) in [5.74, 6) is 0.384. The Labute approximate surface area is 138 Å².